The van der Waals surface area contributed by atoms with Gasteiger partial charge in [0.05, 0.1) is 34.0 Å². The highest BCUT2D eigenvalue weighted by Crippen LogP contribution is 2.49. The summed E-state index contributed by atoms with van der Waals surface area (Å²) in [5, 5.41) is 26.6. The van der Waals surface area contributed by atoms with E-state index in [1.54, 1.807) is 24.3 Å². The number of aromatic carboxylic acids is 1. The molecule has 3 aromatic rings. The second-order valence-electron chi connectivity index (χ2n) is 11.1. The molecule has 1 saturated heterocycles. The Morgan fingerprint density at radius 2 is 1.82 bits per heavy atom. The van der Waals surface area contributed by atoms with Gasteiger partial charge in [-0.3, -0.25) is 0 Å². The molecule has 3 saturated carbocycles. The van der Waals surface area contributed by atoms with Gasteiger partial charge in [-0.2, -0.15) is 0 Å². The van der Waals surface area contributed by atoms with Crippen LogP contribution in [0.15, 0.2) is 40.9 Å². The maximum absolute atomic E-state index is 12.1. The van der Waals surface area contributed by atoms with Crippen LogP contribution in [0.4, 0.5) is 5.69 Å². The van der Waals surface area contributed by atoms with Crippen LogP contribution in [0.3, 0.4) is 0 Å². The number of piperidine rings is 1. The molecular formula is C29H28Cl2N2O5. The van der Waals surface area contributed by atoms with Crippen molar-refractivity contribution in [2.75, 3.05) is 4.90 Å². The predicted octanol–water partition coefficient (Wildman–Crippen LogP) is 6.60. The largest absolute Gasteiger partial charge is 0.478 e. The molecule has 1 aliphatic heterocycles. The Balaban J connectivity index is 1.12. The molecule has 0 spiro atoms. The van der Waals surface area contributed by atoms with Gasteiger partial charge >= 0.3 is 5.97 Å². The van der Waals surface area contributed by atoms with Gasteiger partial charge in [-0.05, 0) is 74.3 Å². The van der Waals surface area contributed by atoms with Gasteiger partial charge in [0.25, 0.3) is 0 Å². The Kier molecular flexibility index (Phi) is 5.96. The summed E-state index contributed by atoms with van der Waals surface area (Å²) in [5.41, 5.74) is 4.03. The molecule has 2 bridgehead atoms. The van der Waals surface area contributed by atoms with Crippen LogP contribution in [-0.2, 0) is 11.3 Å². The van der Waals surface area contributed by atoms with Crippen LogP contribution in [0.5, 0.6) is 0 Å². The van der Waals surface area contributed by atoms with E-state index < -0.39 is 12.2 Å². The lowest BCUT2D eigenvalue weighted by molar-refractivity contribution is -0.0350. The molecule has 3 aliphatic carbocycles. The fourth-order valence-electron chi connectivity index (χ4n) is 6.36. The molecule has 7 rings (SSSR count). The van der Waals surface area contributed by atoms with E-state index in [-0.39, 0.29) is 30.2 Å². The maximum Gasteiger partial charge on any atom is 0.337 e. The van der Waals surface area contributed by atoms with Crippen LogP contribution < -0.4 is 4.90 Å². The van der Waals surface area contributed by atoms with E-state index in [4.69, 9.17) is 32.5 Å². The second kappa shape index (κ2) is 9.26. The van der Waals surface area contributed by atoms with Crippen LogP contribution in [0.2, 0.25) is 10.0 Å². The lowest BCUT2D eigenvalue weighted by atomic mass is 9.99. The molecule has 198 valence electrons. The van der Waals surface area contributed by atoms with Gasteiger partial charge in [-0.15, -0.1) is 0 Å². The van der Waals surface area contributed by atoms with E-state index in [0.717, 1.165) is 49.0 Å². The van der Waals surface area contributed by atoms with Crippen LogP contribution in [0.25, 0.3) is 11.3 Å². The predicted molar refractivity (Wildman–Crippen MR) is 143 cm³/mol. The molecule has 7 nitrogen and oxygen atoms in total. The van der Waals surface area contributed by atoms with Gasteiger partial charge in [0.15, 0.2) is 0 Å². The zero-order chi connectivity index (χ0) is 26.1. The van der Waals surface area contributed by atoms with E-state index in [2.05, 4.69) is 5.16 Å². The summed E-state index contributed by atoms with van der Waals surface area (Å²) in [4.78, 5) is 14.0. The van der Waals surface area contributed by atoms with E-state index in [0.29, 0.717) is 45.2 Å². The highest BCUT2D eigenvalue weighted by atomic mass is 35.5. The number of hydrogen-bond donors (Lipinski definition) is 2. The quantitative estimate of drug-likeness (QED) is 0.323. The third-order valence-electron chi connectivity index (χ3n) is 8.57. The molecule has 38 heavy (non-hydrogen) atoms. The van der Waals surface area contributed by atoms with Crippen molar-refractivity contribution in [2.45, 2.75) is 75.3 Å². The van der Waals surface area contributed by atoms with Crippen LogP contribution >= 0.6 is 23.2 Å². The van der Waals surface area contributed by atoms with Crippen molar-refractivity contribution < 1.29 is 24.3 Å². The number of hydrogen-bond acceptors (Lipinski definition) is 6. The number of carboxylic acid groups (broad SMARTS) is 1. The van der Waals surface area contributed by atoms with Gasteiger partial charge in [0, 0.05) is 29.0 Å². The molecule has 2 aromatic carbocycles. The molecule has 1 unspecified atom stereocenters. The Labute approximate surface area is 230 Å². The fraction of sp³-hybridized carbons (Fsp3) is 0.448. The van der Waals surface area contributed by atoms with E-state index in [9.17, 15) is 15.0 Å². The van der Waals surface area contributed by atoms with Crippen molar-refractivity contribution in [2.24, 2.45) is 5.92 Å². The Bertz CT molecular complexity index is 1390. The van der Waals surface area contributed by atoms with Crippen LogP contribution in [-0.4, -0.2) is 39.7 Å². The minimum Gasteiger partial charge on any atom is -0.478 e. The number of aromatic nitrogens is 1. The van der Waals surface area contributed by atoms with Crippen molar-refractivity contribution in [1.82, 2.24) is 5.16 Å². The third kappa shape index (κ3) is 4.11. The standard InChI is InChI=1S/C29H28Cl2N2O5/c30-21-2-1-3-22(31)25(21)26-20(27(38-32-26)15-6-7-15)13-37-24-12-17-11-19(24)28(34)33(17)23-9-8-16(14-4-5-14)10-18(23)29(35)36/h1-3,8-10,14-15,17,19,24,28,34H,4-7,11-13H2,(H,35,36)/t17-,19+,24+,28?/m0/s1. The first-order valence-corrected chi connectivity index (χ1v) is 14.0. The zero-order valence-electron chi connectivity index (χ0n) is 20.6. The number of fused-ring (bicyclic) bond motifs is 2. The monoisotopic (exact) mass is 554 g/mol. The lowest BCUT2D eigenvalue weighted by Crippen LogP contribution is -2.47. The smallest absolute Gasteiger partial charge is 0.337 e. The molecule has 0 amide bonds. The zero-order valence-corrected chi connectivity index (χ0v) is 22.2. The van der Waals surface area contributed by atoms with Gasteiger partial charge in [0.1, 0.15) is 17.7 Å². The third-order valence-corrected chi connectivity index (χ3v) is 9.20. The van der Waals surface area contributed by atoms with E-state index in [1.807, 2.05) is 17.0 Å². The highest BCUT2D eigenvalue weighted by Gasteiger charge is 2.52. The lowest BCUT2D eigenvalue weighted by Gasteiger charge is -2.38. The molecular weight excluding hydrogens is 527 g/mol. The normalized spacial score (nSPS) is 26.3. The average Bonchev–Trinajstić information content (AvgIpc) is 3.82. The van der Waals surface area contributed by atoms with Gasteiger partial charge in [-0.1, -0.05) is 40.5 Å². The molecule has 0 radical (unpaired) electrons. The van der Waals surface area contributed by atoms with Crippen molar-refractivity contribution >= 4 is 34.9 Å². The summed E-state index contributed by atoms with van der Waals surface area (Å²) in [6.07, 6.45) is 4.78. The summed E-state index contributed by atoms with van der Waals surface area (Å²) >= 11 is 13.0. The fourth-order valence-corrected chi connectivity index (χ4v) is 6.93. The Morgan fingerprint density at radius 3 is 2.47 bits per heavy atom. The van der Waals surface area contributed by atoms with Crippen molar-refractivity contribution in [3.8, 4) is 11.3 Å². The summed E-state index contributed by atoms with van der Waals surface area (Å²) < 4.78 is 12.2. The SMILES string of the molecule is O=C(O)c1cc(C2CC2)ccc1N1C(O)[C@@H]2C[C@H]1C[C@H]2OCc1c(-c2c(Cl)cccc2Cl)noc1C1CC1. The van der Waals surface area contributed by atoms with E-state index in [1.165, 1.54) is 0 Å². The topological polar surface area (TPSA) is 96.0 Å². The number of ether oxygens (including phenoxy) is 1. The number of aliphatic hydroxyl groups excluding tert-OH is 1. The number of halogens is 2. The van der Waals surface area contributed by atoms with Crippen LogP contribution in [0, 0.1) is 5.92 Å². The van der Waals surface area contributed by atoms with E-state index >= 15 is 0 Å². The number of aliphatic hydroxyl groups is 1. The summed E-state index contributed by atoms with van der Waals surface area (Å²) in [7, 11) is 0. The molecule has 1 aromatic heterocycles. The minimum absolute atomic E-state index is 0.00716. The molecule has 2 heterocycles. The molecule has 9 heteroatoms. The number of rotatable bonds is 8. The first-order valence-electron chi connectivity index (χ1n) is 13.3. The van der Waals surface area contributed by atoms with Crippen molar-refractivity contribution in [3.05, 3.63) is 68.9 Å². The first kappa shape index (κ1) is 24.5. The summed E-state index contributed by atoms with van der Waals surface area (Å²) in [5.74, 6) is 0.522. The van der Waals surface area contributed by atoms with Crippen LogP contribution in [0.1, 0.15) is 77.6 Å². The highest BCUT2D eigenvalue weighted by molar-refractivity contribution is 6.39. The number of nitrogens with zero attached hydrogens (tertiary/aromatic N) is 2. The second-order valence-corrected chi connectivity index (χ2v) is 11.9. The minimum atomic E-state index is -0.962. The van der Waals surface area contributed by atoms with Crippen molar-refractivity contribution in [3.63, 3.8) is 0 Å². The Hall–Kier alpha value is -2.58. The number of carbonyl (C=O) groups is 1. The number of anilines is 1. The maximum atomic E-state index is 12.1. The molecule has 4 atom stereocenters. The van der Waals surface area contributed by atoms with Gasteiger partial charge in [-0.25, -0.2) is 4.79 Å². The molecule has 2 N–H and O–H groups in total. The van der Waals surface area contributed by atoms with Gasteiger partial charge in [0.2, 0.25) is 0 Å². The van der Waals surface area contributed by atoms with Crippen molar-refractivity contribution in [1.29, 1.82) is 0 Å². The summed E-state index contributed by atoms with van der Waals surface area (Å²) in [6.45, 7) is 0.281. The molecule has 4 fully saturated rings. The Morgan fingerprint density at radius 1 is 1.08 bits per heavy atom. The molecule has 4 aliphatic rings. The average molecular weight is 555 g/mol. The summed E-state index contributed by atoms with van der Waals surface area (Å²) in [6, 6.07) is 11.0. The number of carboxylic acids is 1. The number of benzene rings is 2. The van der Waals surface area contributed by atoms with Gasteiger partial charge < -0.3 is 24.4 Å². The first-order chi connectivity index (χ1) is 18.4.